The Hall–Kier alpha value is -1.65. The number of nitrogens with one attached hydrogen (secondary N) is 2. The largest absolute Gasteiger partial charge is 0.349 e. The molecular weight excluding hydrogens is 292 g/mol. The summed E-state index contributed by atoms with van der Waals surface area (Å²) in [5.74, 6) is 0.420. The van der Waals surface area contributed by atoms with Gasteiger partial charge in [0.15, 0.2) is 0 Å². The van der Waals surface area contributed by atoms with Crippen LogP contribution in [0.4, 0.5) is 0 Å². The number of hydrogen-bond acceptors (Lipinski definition) is 3. The van der Waals surface area contributed by atoms with Gasteiger partial charge in [0.25, 0.3) is 5.91 Å². The molecule has 0 radical (unpaired) electrons. The van der Waals surface area contributed by atoms with Crippen LogP contribution in [0.5, 0.6) is 0 Å². The summed E-state index contributed by atoms with van der Waals surface area (Å²) in [6.07, 6.45) is 1.06. The number of fused-ring (bicyclic) bond motifs is 1. The van der Waals surface area contributed by atoms with Gasteiger partial charge in [0.05, 0.1) is 4.88 Å². The van der Waals surface area contributed by atoms with Crippen molar-refractivity contribution < 1.29 is 4.79 Å². The Bertz CT molecular complexity index is 663. The maximum atomic E-state index is 12.5. The smallest absolute Gasteiger partial charge is 0.261 e. The van der Waals surface area contributed by atoms with Gasteiger partial charge in [-0.3, -0.25) is 4.79 Å². The molecule has 1 amide bonds. The van der Waals surface area contributed by atoms with E-state index in [4.69, 9.17) is 0 Å². The van der Waals surface area contributed by atoms with Gasteiger partial charge in [0, 0.05) is 12.6 Å². The molecule has 22 heavy (non-hydrogen) atoms. The first-order chi connectivity index (χ1) is 10.7. The Labute approximate surface area is 135 Å². The van der Waals surface area contributed by atoms with E-state index in [1.807, 2.05) is 5.38 Å². The highest BCUT2D eigenvalue weighted by atomic mass is 32.1. The first kappa shape index (κ1) is 15.3. The van der Waals surface area contributed by atoms with Crippen LogP contribution in [0.15, 0.2) is 35.7 Å². The number of carbonyl (C=O) groups is 1. The number of thiophene rings is 1. The fraction of sp³-hybridized carbons (Fsp3) is 0.389. The Kier molecular flexibility index (Phi) is 4.60. The van der Waals surface area contributed by atoms with E-state index in [0.717, 1.165) is 23.4 Å². The van der Waals surface area contributed by atoms with Gasteiger partial charge in [0.2, 0.25) is 0 Å². The van der Waals surface area contributed by atoms with E-state index >= 15 is 0 Å². The van der Waals surface area contributed by atoms with E-state index in [1.54, 1.807) is 0 Å². The summed E-state index contributed by atoms with van der Waals surface area (Å²) in [5.41, 5.74) is 3.84. The van der Waals surface area contributed by atoms with Crippen LogP contribution in [0.25, 0.3) is 0 Å². The van der Waals surface area contributed by atoms with E-state index in [9.17, 15) is 4.79 Å². The van der Waals surface area contributed by atoms with Crippen LogP contribution in [0.2, 0.25) is 0 Å². The fourth-order valence-electron chi connectivity index (χ4n) is 3.01. The van der Waals surface area contributed by atoms with Gasteiger partial charge < -0.3 is 10.6 Å². The molecule has 116 valence electrons. The molecule has 0 bridgehead atoms. The summed E-state index contributed by atoms with van der Waals surface area (Å²) in [7, 11) is 0. The van der Waals surface area contributed by atoms with Gasteiger partial charge in [-0.1, -0.05) is 38.1 Å². The minimum Gasteiger partial charge on any atom is -0.349 e. The van der Waals surface area contributed by atoms with Crippen LogP contribution >= 0.6 is 11.3 Å². The zero-order valence-corrected chi connectivity index (χ0v) is 13.9. The first-order valence-corrected chi connectivity index (χ1v) is 8.71. The van der Waals surface area contributed by atoms with Crippen LogP contribution in [0, 0.1) is 0 Å². The lowest BCUT2D eigenvalue weighted by molar-refractivity contribution is 0.0952. The summed E-state index contributed by atoms with van der Waals surface area (Å²) in [5, 5.41) is 8.60. The van der Waals surface area contributed by atoms with Crippen molar-refractivity contribution in [3.63, 3.8) is 0 Å². The van der Waals surface area contributed by atoms with Crippen LogP contribution in [0.3, 0.4) is 0 Å². The van der Waals surface area contributed by atoms with E-state index < -0.39 is 0 Å². The second-order valence-corrected chi connectivity index (χ2v) is 6.94. The summed E-state index contributed by atoms with van der Waals surface area (Å²) in [6, 6.07) is 10.7. The normalized spacial score (nSPS) is 17.3. The molecule has 3 rings (SSSR count). The van der Waals surface area contributed by atoms with Gasteiger partial charge in [-0.2, -0.15) is 0 Å². The Balaban J connectivity index is 1.68. The van der Waals surface area contributed by atoms with Crippen LogP contribution in [0.1, 0.15) is 52.2 Å². The van der Waals surface area contributed by atoms with E-state index in [2.05, 4.69) is 54.8 Å². The number of carbonyl (C=O) groups excluding carboxylic acids is 1. The van der Waals surface area contributed by atoms with Crippen molar-refractivity contribution in [2.45, 2.75) is 32.2 Å². The molecule has 1 unspecified atom stereocenters. The molecule has 1 atom stereocenters. The lowest BCUT2D eigenvalue weighted by atomic mass is 9.94. The van der Waals surface area contributed by atoms with Gasteiger partial charge in [0.1, 0.15) is 0 Å². The molecule has 1 aliphatic heterocycles. The molecule has 4 heteroatoms. The summed E-state index contributed by atoms with van der Waals surface area (Å²) in [4.78, 5) is 13.3. The molecule has 1 aromatic carbocycles. The van der Waals surface area contributed by atoms with Gasteiger partial charge in [-0.05, 0) is 47.0 Å². The number of rotatable bonds is 4. The first-order valence-electron chi connectivity index (χ1n) is 7.83. The van der Waals surface area contributed by atoms with Crippen molar-refractivity contribution in [3.05, 3.63) is 57.3 Å². The van der Waals surface area contributed by atoms with Gasteiger partial charge in [-0.15, -0.1) is 11.3 Å². The molecule has 0 aliphatic carbocycles. The SMILES string of the molecule is CC(C)c1ccsc1C(=O)NCC1NCCc2ccccc21. The third kappa shape index (κ3) is 3.08. The van der Waals surface area contributed by atoms with Crippen LogP contribution in [-0.2, 0) is 6.42 Å². The minimum absolute atomic E-state index is 0.0450. The number of hydrogen-bond donors (Lipinski definition) is 2. The molecule has 0 spiro atoms. The monoisotopic (exact) mass is 314 g/mol. The van der Waals surface area contributed by atoms with Crippen molar-refractivity contribution in [3.8, 4) is 0 Å². The summed E-state index contributed by atoms with van der Waals surface area (Å²) >= 11 is 1.53. The van der Waals surface area contributed by atoms with E-state index in [1.165, 1.54) is 22.5 Å². The highest BCUT2D eigenvalue weighted by Crippen LogP contribution is 2.25. The maximum Gasteiger partial charge on any atom is 0.261 e. The molecule has 0 fully saturated rings. The van der Waals surface area contributed by atoms with Crippen molar-refractivity contribution in [2.75, 3.05) is 13.1 Å². The van der Waals surface area contributed by atoms with Crippen molar-refractivity contribution in [1.82, 2.24) is 10.6 Å². The highest BCUT2D eigenvalue weighted by Gasteiger charge is 2.21. The Morgan fingerprint density at radius 1 is 1.36 bits per heavy atom. The predicted molar refractivity (Wildman–Crippen MR) is 91.6 cm³/mol. The van der Waals surface area contributed by atoms with Crippen molar-refractivity contribution in [2.24, 2.45) is 0 Å². The topological polar surface area (TPSA) is 41.1 Å². The van der Waals surface area contributed by atoms with E-state index in [0.29, 0.717) is 12.5 Å². The number of benzene rings is 1. The average molecular weight is 314 g/mol. The van der Waals surface area contributed by atoms with E-state index in [-0.39, 0.29) is 11.9 Å². The van der Waals surface area contributed by atoms with Crippen LogP contribution < -0.4 is 10.6 Å². The second-order valence-electron chi connectivity index (χ2n) is 6.03. The molecule has 2 N–H and O–H groups in total. The predicted octanol–water partition coefficient (Wildman–Crippen LogP) is 3.49. The maximum absolute atomic E-state index is 12.5. The third-order valence-corrected chi connectivity index (χ3v) is 5.14. The Morgan fingerprint density at radius 3 is 3.00 bits per heavy atom. The molecule has 0 saturated carbocycles. The zero-order valence-electron chi connectivity index (χ0n) is 13.1. The molecule has 1 aromatic heterocycles. The minimum atomic E-state index is 0.0450. The summed E-state index contributed by atoms with van der Waals surface area (Å²) < 4.78 is 0. The Morgan fingerprint density at radius 2 is 2.18 bits per heavy atom. The molecule has 2 heterocycles. The standard InChI is InChI=1S/C18H22N2OS/c1-12(2)14-8-10-22-17(14)18(21)20-11-16-15-6-4-3-5-13(15)7-9-19-16/h3-6,8,10,12,16,19H,7,9,11H2,1-2H3,(H,20,21). The molecular formula is C18H22N2OS. The van der Waals surface area contributed by atoms with Crippen LogP contribution in [-0.4, -0.2) is 19.0 Å². The molecule has 1 aliphatic rings. The average Bonchev–Trinajstić information content (AvgIpc) is 3.02. The van der Waals surface area contributed by atoms with Crippen molar-refractivity contribution in [1.29, 1.82) is 0 Å². The van der Waals surface area contributed by atoms with Crippen molar-refractivity contribution >= 4 is 17.2 Å². The summed E-state index contributed by atoms with van der Waals surface area (Å²) in [6.45, 7) is 5.84. The molecule has 2 aromatic rings. The highest BCUT2D eigenvalue weighted by molar-refractivity contribution is 7.12. The quantitative estimate of drug-likeness (QED) is 0.907. The molecule has 0 saturated heterocycles. The lowest BCUT2D eigenvalue weighted by Gasteiger charge is -2.27. The number of amides is 1. The second kappa shape index (κ2) is 6.63. The van der Waals surface area contributed by atoms with Gasteiger partial charge in [-0.25, -0.2) is 0 Å². The zero-order chi connectivity index (χ0) is 15.5. The third-order valence-electron chi connectivity index (χ3n) is 4.21. The van der Waals surface area contributed by atoms with Gasteiger partial charge >= 0.3 is 0 Å². The lowest BCUT2D eigenvalue weighted by Crippen LogP contribution is -2.38. The molecule has 3 nitrogen and oxygen atoms in total. The fourth-order valence-corrected chi connectivity index (χ4v) is 3.98.